The van der Waals surface area contributed by atoms with Gasteiger partial charge in [-0.2, -0.15) is 0 Å². The van der Waals surface area contributed by atoms with Gasteiger partial charge in [0, 0.05) is 13.2 Å². The second-order valence-electron chi connectivity index (χ2n) is 7.72. The maximum Gasteiger partial charge on any atom is 0.324 e. The third kappa shape index (κ3) is 2.56. The van der Waals surface area contributed by atoms with Gasteiger partial charge in [-0.25, -0.2) is 4.79 Å². The lowest BCUT2D eigenvalue weighted by Crippen LogP contribution is -2.52. The summed E-state index contributed by atoms with van der Waals surface area (Å²) in [6.45, 7) is 7.39. The molecule has 2 heterocycles. The van der Waals surface area contributed by atoms with Gasteiger partial charge in [0.05, 0.1) is 5.60 Å². The molecule has 5 nitrogen and oxygen atoms in total. The summed E-state index contributed by atoms with van der Waals surface area (Å²) in [4.78, 5) is 26.0. The summed E-state index contributed by atoms with van der Waals surface area (Å²) in [7, 11) is 0. The van der Waals surface area contributed by atoms with Crippen molar-refractivity contribution in [3.05, 3.63) is 0 Å². The zero-order chi connectivity index (χ0) is 15.3. The number of hydrogen-bond donors (Lipinski definition) is 1. The fourth-order valence-corrected chi connectivity index (χ4v) is 3.98. The van der Waals surface area contributed by atoms with E-state index in [0.717, 1.165) is 32.3 Å². The molecule has 2 saturated heterocycles. The van der Waals surface area contributed by atoms with E-state index in [-0.39, 0.29) is 34.9 Å². The van der Waals surface area contributed by atoms with Crippen molar-refractivity contribution in [1.29, 1.82) is 0 Å². The van der Waals surface area contributed by atoms with Gasteiger partial charge in [0.2, 0.25) is 0 Å². The van der Waals surface area contributed by atoms with E-state index in [4.69, 9.17) is 4.74 Å². The summed E-state index contributed by atoms with van der Waals surface area (Å²) >= 11 is 0. The molecule has 3 aliphatic rings. The Hall–Kier alpha value is -1.10. The lowest BCUT2D eigenvalue weighted by molar-refractivity contribution is -0.167. The van der Waals surface area contributed by atoms with Crippen LogP contribution in [0, 0.1) is 11.3 Å². The molecule has 1 unspecified atom stereocenters. The quantitative estimate of drug-likeness (QED) is 0.813. The molecule has 3 amide bonds. The SMILES string of the molecule is CC(C)[C@@H]1NC(=O)N(CC2(C)CCOC3(CCC3)C2)C1=O. The van der Waals surface area contributed by atoms with E-state index in [2.05, 4.69) is 12.2 Å². The Morgan fingerprint density at radius 2 is 2.05 bits per heavy atom. The summed E-state index contributed by atoms with van der Waals surface area (Å²) in [5.41, 5.74) is 0.0151. The first-order valence-electron chi connectivity index (χ1n) is 8.10. The number of nitrogens with zero attached hydrogens (tertiary/aromatic N) is 1. The molecule has 1 spiro atoms. The van der Waals surface area contributed by atoms with Gasteiger partial charge in [-0.15, -0.1) is 0 Å². The lowest BCUT2D eigenvalue weighted by Gasteiger charge is -2.51. The van der Waals surface area contributed by atoms with Crippen LogP contribution in [0.5, 0.6) is 0 Å². The van der Waals surface area contributed by atoms with Crippen LogP contribution in [0.1, 0.15) is 52.9 Å². The van der Waals surface area contributed by atoms with Crippen LogP contribution in [0.25, 0.3) is 0 Å². The van der Waals surface area contributed by atoms with Crippen molar-refractivity contribution in [2.24, 2.45) is 11.3 Å². The predicted octanol–water partition coefficient (Wildman–Crippen LogP) is 2.30. The van der Waals surface area contributed by atoms with E-state index in [1.807, 2.05) is 13.8 Å². The Bertz CT molecular complexity index is 458. The normalized spacial score (nSPS) is 35.2. The van der Waals surface area contributed by atoms with Gasteiger partial charge in [0.25, 0.3) is 5.91 Å². The minimum Gasteiger partial charge on any atom is -0.375 e. The molecule has 0 aromatic heterocycles. The van der Waals surface area contributed by atoms with Gasteiger partial charge in [0.15, 0.2) is 0 Å². The third-order valence-electron chi connectivity index (χ3n) is 5.39. The van der Waals surface area contributed by atoms with Crippen LogP contribution in [-0.4, -0.2) is 41.6 Å². The Morgan fingerprint density at radius 3 is 2.57 bits per heavy atom. The van der Waals surface area contributed by atoms with Crippen molar-refractivity contribution in [1.82, 2.24) is 10.2 Å². The molecular weight excluding hydrogens is 268 g/mol. The van der Waals surface area contributed by atoms with Crippen LogP contribution in [0.15, 0.2) is 0 Å². The Morgan fingerprint density at radius 1 is 1.33 bits per heavy atom. The molecule has 0 radical (unpaired) electrons. The fraction of sp³-hybridized carbons (Fsp3) is 0.875. The van der Waals surface area contributed by atoms with E-state index < -0.39 is 0 Å². The molecule has 0 aromatic carbocycles. The molecule has 2 aliphatic heterocycles. The highest BCUT2D eigenvalue weighted by Crippen LogP contribution is 2.49. The van der Waals surface area contributed by atoms with Crippen molar-refractivity contribution in [3.63, 3.8) is 0 Å². The number of carbonyl (C=O) groups excluding carboxylic acids is 2. The number of carbonyl (C=O) groups is 2. The van der Waals surface area contributed by atoms with Crippen LogP contribution in [0.3, 0.4) is 0 Å². The number of hydrogen-bond acceptors (Lipinski definition) is 3. The topological polar surface area (TPSA) is 58.6 Å². The average Bonchev–Trinajstić information content (AvgIpc) is 2.65. The van der Waals surface area contributed by atoms with Crippen LogP contribution < -0.4 is 5.32 Å². The molecule has 1 saturated carbocycles. The summed E-state index contributed by atoms with van der Waals surface area (Å²) in [5, 5.41) is 2.81. The third-order valence-corrected chi connectivity index (χ3v) is 5.39. The maximum atomic E-state index is 12.4. The highest BCUT2D eigenvalue weighted by molar-refractivity contribution is 6.04. The first kappa shape index (κ1) is 14.8. The fourth-order valence-electron chi connectivity index (χ4n) is 3.98. The van der Waals surface area contributed by atoms with Gasteiger partial charge in [0.1, 0.15) is 6.04 Å². The monoisotopic (exact) mass is 294 g/mol. The van der Waals surface area contributed by atoms with Crippen molar-refractivity contribution in [3.8, 4) is 0 Å². The van der Waals surface area contributed by atoms with Crippen LogP contribution in [-0.2, 0) is 9.53 Å². The summed E-state index contributed by atoms with van der Waals surface area (Å²) in [5.74, 6) is 0.0669. The maximum absolute atomic E-state index is 12.4. The number of nitrogens with one attached hydrogen (secondary N) is 1. The predicted molar refractivity (Wildman–Crippen MR) is 78.7 cm³/mol. The Labute approximate surface area is 126 Å². The molecule has 1 N–H and O–H groups in total. The van der Waals surface area contributed by atoms with E-state index in [0.29, 0.717) is 6.54 Å². The van der Waals surface area contributed by atoms with Crippen LogP contribution in [0.4, 0.5) is 4.79 Å². The molecule has 118 valence electrons. The zero-order valence-corrected chi connectivity index (χ0v) is 13.3. The molecule has 2 atom stereocenters. The molecule has 0 aromatic rings. The summed E-state index contributed by atoms with van der Waals surface area (Å²) < 4.78 is 5.97. The second-order valence-corrected chi connectivity index (χ2v) is 7.72. The highest BCUT2D eigenvalue weighted by Gasteiger charge is 2.50. The highest BCUT2D eigenvalue weighted by atomic mass is 16.5. The Kier molecular flexibility index (Phi) is 3.51. The zero-order valence-electron chi connectivity index (χ0n) is 13.3. The number of ether oxygens (including phenoxy) is 1. The second kappa shape index (κ2) is 4.97. The number of amides is 3. The van der Waals surface area contributed by atoms with Crippen molar-refractivity contribution < 1.29 is 14.3 Å². The molecule has 21 heavy (non-hydrogen) atoms. The average molecular weight is 294 g/mol. The molecular formula is C16H26N2O3. The van der Waals surface area contributed by atoms with Crippen LogP contribution >= 0.6 is 0 Å². The Balaban J connectivity index is 1.70. The summed E-state index contributed by atoms with van der Waals surface area (Å²) in [6.07, 6.45) is 5.35. The van der Waals surface area contributed by atoms with E-state index in [1.165, 1.54) is 11.3 Å². The number of urea groups is 1. The van der Waals surface area contributed by atoms with Gasteiger partial charge < -0.3 is 10.1 Å². The first-order chi connectivity index (χ1) is 9.84. The van der Waals surface area contributed by atoms with E-state index in [1.54, 1.807) is 0 Å². The molecule has 1 aliphatic carbocycles. The van der Waals surface area contributed by atoms with E-state index in [9.17, 15) is 9.59 Å². The molecule has 0 bridgehead atoms. The van der Waals surface area contributed by atoms with Gasteiger partial charge in [-0.1, -0.05) is 20.8 Å². The number of rotatable bonds is 3. The smallest absolute Gasteiger partial charge is 0.324 e. The largest absolute Gasteiger partial charge is 0.375 e. The summed E-state index contributed by atoms with van der Waals surface area (Å²) in [6, 6.07) is -0.590. The molecule has 3 rings (SSSR count). The minimum atomic E-state index is -0.362. The van der Waals surface area contributed by atoms with Gasteiger partial charge in [-0.05, 0) is 43.4 Å². The lowest BCUT2D eigenvalue weighted by atomic mass is 9.66. The van der Waals surface area contributed by atoms with Crippen LogP contribution in [0.2, 0.25) is 0 Å². The van der Waals surface area contributed by atoms with E-state index >= 15 is 0 Å². The van der Waals surface area contributed by atoms with Crippen molar-refractivity contribution in [2.75, 3.05) is 13.2 Å². The molecule has 5 heteroatoms. The van der Waals surface area contributed by atoms with Crippen molar-refractivity contribution in [2.45, 2.75) is 64.5 Å². The first-order valence-corrected chi connectivity index (χ1v) is 8.10. The number of imide groups is 1. The van der Waals surface area contributed by atoms with Gasteiger partial charge >= 0.3 is 6.03 Å². The molecule has 3 fully saturated rings. The minimum absolute atomic E-state index is 0.0163. The standard InChI is InChI=1S/C16H26N2O3/c1-11(2)12-13(19)18(14(20)17-12)10-15(3)7-8-21-16(9-15)5-4-6-16/h11-12H,4-10H2,1-3H3,(H,17,20)/t12-,15?/m0/s1. The van der Waals surface area contributed by atoms with Crippen molar-refractivity contribution >= 4 is 11.9 Å². The van der Waals surface area contributed by atoms with Gasteiger partial charge in [-0.3, -0.25) is 9.69 Å².